The minimum absolute atomic E-state index is 0.164. The van der Waals surface area contributed by atoms with Crippen LogP contribution in [0.3, 0.4) is 0 Å². The number of hydrazine groups is 1. The van der Waals surface area contributed by atoms with Crippen LogP contribution in [-0.4, -0.2) is 21.1 Å². The first-order chi connectivity index (χ1) is 9.52. The van der Waals surface area contributed by atoms with Gasteiger partial charge in [0, 0.05) is 5.02 Å². The normalized spacial score (nSPS) is 10.3. The van der Waals surface area contributed by atoms with Gasteiger partial charge in [0.05, 0.1) is 12.2 Å². The highest BCUT2D eigenvalue weighted by Crippen LogP contribution is 2.13. The van der Waals surface area contributed by atoms with Gasteiger partial charge in [-0.3, -0.25) is 5.01 Å². The molecule has 0 fully saturated rings. The van der Waals surface area contributed by atoms with E-state index in [-0.39, 0.29) is 5.95 Å². The molecule has 7 heteroatoms. The Bertz CT molecular complexity index is 680. The van der Waals surface area contributed by atoms with Gasteiger partial charge in [-0.05, 0) is 31.2 Å². The Labute approximate surface area is 121 Å². The van der Waals surface area contributed by atoms with Crippen molar-refractivity contribution in [2.75, 3.05) is 11.6 Å². The number of hydrogen-bond donors (Lipinski definition) is 1. The van der Waals surface area contributed by atoms with Crippen LogP contribution >= 0.6 is 11.6 Å². The Balaban J connectivity index is 2.49. The Morgan fingerprint density at radius 3 is 2.60 bits per heavy atom. The van der Waals surface area contributed by atoms with Crippen molar-refractivity contribution in [3.63, 3.8) is 0 Å². The molecule has 0 saturated carbocycles. The van der Waals surface area contributed by atoms with Gasteiger partial charge < -0.3 is 0 Å². The number of hydrogen-bond acceptors (Lipinski definition) is 5. The Morgan fingerprint density at radius 2 is 2.05 bits per heavy atom. The number of aryl methyl sites for hydroxylation is 1. The van der Waals surface area contributed by atoms with Gasteiger partial charge in [0.1, 0.15) is 5.82 Å². The lowest BCUT2D eigenvalue weighted by atomic mass is 10.3. The highest BCUT2D eigenvalue weighted by molar-refractivity contribution is 6.30. The molecule has 0 spiro atoms. The minimum Gasteiger partial charge on any atom is -0.275 e. The molecule has 20 heavy (non-hydrogen) atoms. The highest BCUT2D eigenvalue weighted by Gasteiger charge is 2.11. The van der Waals surface area contributed by atoms with E-state index in [0.717, 1.165) is 0 Å². The fraction of sp³-hybridized carbons (Fsp3) is 0.154. The van der Waals surface area contributed by atoms with Crippen LogP contribution in [0.4, 0.5) is 5.95 Å². The van der Waals surface area contributed by atoms with E-state index in [0.29, 0.717) is 23.1 Å². The van der Waals surface area contributed by atoms with E-state index in [2.05, 4.69) is 16.5 Å². The van der Waals surface area contributed by atoms with Crippen LogP contribution in [0, 0.1) is 6.92 Å². The fourth-order valence-electron chi connectivity index (χ4n) is 1.73. The average Bonchev–Trinajstić information content (AvgIpc) is 2.40. The molecule has 1 aromatic heterocycles. The summed E-state index contributed by atoms with van der Waals surface area (Å²) in [6.07, 6.45) is 1.60. The van der Waals surface area contributed by atoms with Gasteiger partial charge in [0.15, 0.2) is 0 Å². The molecule has 2 N–H and O–H groups in total. The van der Waals surface area contributed by atoms with E-state index in [4.69, 9.17) is 17.4 Å². The largest absolute Gasteiger partial charge is 0.356 e. The molecule has 2 rings (SSSR count). The van der Waals surface area contributed by atoms with Crippen LogP contribution in [0.2, 0.25) is 5.02 Å². The maximum absolute atomic E-state index is 12.1. The third kappa shape index (κ3) is 2.87. The van der Waals surface area contributed by atoms with Crippen molar-refractivity contribution in [3.8, 4) is 5.69 Å². The summed E-state index contributed by atoms with van der Waals surface area (Å²) in [5, 5.41) is 1.85. The third-order valence-electron chi connectivity index (χ3n) is 2.64. The number of aromatic nitrogens is 3. The topological polar surface area (TPSA) is 77.0 Å². The number of rotatable bonds is 4. The molecule has 0 unspecified atom stereocenters. The first-order valence-corrected chi connectivity index (χ1v) is 6.27. The number of anilines is 1. The van der Waals surface area contributed by atoms with E-state index in [1.54, 1.807) is 37.3 Å². The summed E-state index contributed by atoms with van der Waals surface area (Å²) < 4.78 is 1.39. The Hall–Kier alpha value is -2.18. The summed E-state index contributed by atoms with van der Waals surface area (Å²) in [6.45, 7) is 5.63. The number of nitrogens with two attached hydrogens (primary N) is 1. The molecule has 0 aliphatic heterocycles. The van der Waals surface area contributed by atoms with Gasteiger partial charge >= 0.3 is 5.69 Å². The van der Waals surface area contributed by atoms with Gasteiger partial charge in [0.2, 0.25) is 5.95 Å². The van der Waals surface area contributed by atoms with Crippen LogP contribution in [0.1, 0.15) is 5.82 Å². The van der Waals surface area contributed by atoms with Gasteiger partial charge in [0.25, 0.3) is 0 Å². The molecule has 0 amide bonds. The van der Waals surface area contributed by atoms with Crippen LogP contribution < -0.4 is 16.5 Å². The third-order valence-corrected chi connectivity index (χ3v) is 2.89. The van der Waals surface area contributed by atoms with Crippen molar-refractivity contribution >= 4 is 17.5 Å². The SMILES string of the molecule is C=CCN(N)c1nc(C)n(-c2ccc(Cl)cc2)c(=O)n1. The zero-order valence-corrected chi connectivity index (χ0v) is 11.7. The van der Waals surface area contributed by atoms with Crippen molar-refractivity contribution in [2.24, 2.45) is 5.84 Å². The standard InChI is InChI=1S/C13H14ClN5O/c1-3-8-18(15)12-16-9(2)19(13(20)17-12)11-6-4-10(14)5-7-11/h3-7H,1,8,15H2,2H3. The van der Waals surface area contributed by atoms with Crippen molar-refractivity contribution in [3.05, 3.63) is 58.3 Å². The quantitative estimate of drug-likeness (QED) is 0.524. The lowest BCUT2D eigenvalue weighted by Gasteiger charge is -2.16. The molecule has 1 aromatic carbocycles. The van der Waals surface area contributed by atoms with Crippen molar-refractivity contribution in [1.82, 2.24) is 14.5 Å². The smallest absolute Gasteiger partial charge is 0.275 e. The summed E-state index contributed by atoms with van der Waals surface area (Å²) in [5.41, 5.74) is 0.199. The first-order valence-electron chi connectivity index (χ1n) is 5.89. The van der Waals surface area contributed by atoms with E-state index in [1.807, 2.05) is 0 Å². The molecule has 1 heterocycles. The van der Waals surface area contributed by atoms with Gasteiger partial charge in [-0.1, -0.05) is 17.7 Å². The molecule has 104 valence electrons. The molecule has 2 aromatic rings. The van der Waals surface area contributed by atoms with Crippen LogP contribution in [0.25, 0.3) is 5.69 Å². The monoisotopic (exact) mass is 291 g/mol. The van der Waals surface area contributed by atoms with E-state index in [1.165, 1.54) is 9.58 Å². The maximum atomic E-state index is 12.1. The fourth-order valence-corrected chi connectivity index (χ4v) is 1.86. The average molecular weight is 292 g/mol. The summed E-state index contributed by atoms with van der Waals surface area (Å²) in [5.74, 6) is 6.38. The molecular weight excluding hydrogens is 278 g/mol. The molecule has 0 radical (unpaired) electrons. The first kappa shape index (κ1) is 14.2. The molecule has 0 saturated heterocycles. The predicted octanol–water partition coefficient (Wildman–Crippen LogP) is 1.46. The second kappa shape index (κ2) is 5.85. The van der Waals surface area contributed by atoms with Crippen molar-refractivity contribution in [1.29, 1.82) is 0 Å². The van der Waals surface area contributed by atoms with E-state index >= 15 is 0 Å². The lowest BCUT2D eigenvalue weighted by molar-refractivity contribution is 0.768. The molecular formula is C13H14ClN5O. The van der Waals surface area contributed by atoms with E-state index < -0.39 is 5.69 Å². The second-order valence-electron chi connectivity index (χ2n) is 4.11. The summed E-state index contributed by atoms with van der Waals surface area (Å²) in [4.78, 5) is 20.2. The maximum Gasteiger partial charge on any atom is 0.356 e. The van der Waals surface area contributed by atoms with E-state index in [9.17, 15) is 4.79 Å². The minimum atomic E-state index is -0.450. The van der Waals surface area contributed by atoms with Crippen LogP contribution in [0.15, 0.2) is 41.7 Å². The summed E-state index contributed by atoms with van der Waals surface area (Å²) in [6, 6.07) is 6.85. The summed E-state index contributed by atoms with van der Waals surface area (Å²) in [7, 11) is 0. The number of halogens is 1. The molecule has 0 atom stereocenters. The van der Waals surface area contributed by atoms with Crippen LogP contribution in [-0.2, 0) is 0 Å². The summed E-state index contributed by atoms with van der Waals surface area (Å²) >= 11 is 5.83. The van der Waals surface area contributed by atoms with Crippen molar-refractivity contribution < 1.29 is 0 Å². The molecule has 0 aliphatic carbocycles. The zero-order valence-electron chi connectivity index (χ0n) is 11.0. The Kier molecular flexibility index (Phi) is 4.16. The highest BCUT2D eigenvalue weighted by atomic mass is 35.5. The van der Waals surface area contributed by atoms with Gasteiger partial charge in [-0.15, -0.1) is 6.58 Å². The van der Waals surface area contributed by atoms with Crippen LogP contribution in [0.5, 0.6) is 0 Å². The predicted molar refractivity (Wildman–Crippen MR) is 79.1 cm³/mol. The van der Waals surface area contributed by atoms with Gasteiger partial charge in [-0.25, -0.2) is 15.2 Å². The molecule has 6 nitrogen and oxygen atoms in total. The Morgan fingerprint density at radius 1 is 1.40 bits per heavy atom. The van der Waals surface area contributed by atoms with Gasteiger partial charge in [-0.2, -0.15) is 9.97 Å². The lowest BCUT2D eigenvalue weighted by Crippen LogP contribution is -2.36. The zero-order chi connectivity index (χ0) is 14.7. The molecule has 0 bridgehead atoms. The second-order valence-corrected chi connectivity index (χ2v) is 4.54. The molecule has 0 aliphatic rings. The number of nitrogens with zero attached hydrogens (tertiary/aromatic N) is 4. The number of benzene rings is 1. The van der Waals surface area contributed by atoms with Crippen molar-refractivity contribution in [2.45, 2.75) is 6.92 Å².